The smallest absolute Gasteiger partial charge is 0.125 e. The highest BCUT2D eigenvalue weighted by atomic mass is 16.5. The third-order valence-corrected chi connectivity index (χ3v) is 5.28. The number of benzene rings is 2. The number of hydrogen-bond acceptors (Lipinski definition) is 3. The molecular weight excluding hydrogens is 320 g/mol. The van der Waals surface area contributed by atoms with Crippen molar-refractivity contribution in [2.24, 2.45) is 0 Å². The molecule has 1 atom stereocenters. The summed E-state index contributed by atoms with van der Waals surface area (Å²) in [6.45, 7) is 10.2. The molecule has 0 amide bonds. The maximum absolute atomic E-state index is 6.47. The molecule has 1 unspecified atom stereocenters. The minimum Gasteiger partial charge on any atom is -0.486 e. The molecule has 1 aliphatic heterocycles. The lowest BCUT2D eigenvalue weighted by atomic mass is 10.0. The predicted octanol–water partition coefficient (Wildman–Crippen LogP) is 4.57. The van der Waals surface area contributed by atoms with E-state index in [1.54, 1.807) is 0 Å². The van der Waals surface area contributed by atoms with Crippen LogP contribution in [0.15, 0.2) is 54.6 Å². The zero-order valence-electron chi connectivity index (χ0n) is 16.4. The minimum absolute atomic E-state index is 0.0956. The summed E-state index contributed by atoms with van der Waals surface area (Å²) in [4.78, 5) is 4.96. The quantitative estimate of drug-likeness (QED) is 0.726. The summed E-state index contributed by atoms with van der Waals surface area (Å²) >= 11 is 0. The van der Waals surface area contributed by atoms with Crippen molar-refractivity contribution in [1.29, 1.82) is 0 Å². The van der Waals surface area contributed by atoms with Crippen LogP contribution in [0, 0.1) is 0 Å². The van der Waals surface area contributed by atoms with Crippen molar-refractivity contribution in [3.63, 3.8) is 0 Å². The van der Waals surface area contributed by atoms with Gasteiger partial charge in [0, 0.05) is 39.1 Å². The van der Waals surface area contributed by atoms with Crippen molar-refractivity contribution in [3.05, 3.63) is 65.7 Å². The average Bonchev–Trinajstić information content (AvgIpc) is 2.67. The molecule has 1 aliphatic rings. The van der Waals surface area contributed by atoms with Gasteiger partial charge in [0.2, 0.25) is 0 Å². The molecule has 2 aromatic rings. The van der Waals surface area contributed by atoms with Gasteiger partial charge < -0.3 is 14.5 Å². The summed E-state index contributed by atoms with van der Waals surface area (Å²) in [6, 6.07) is 19.2. The molecule has 0 radical (unpaired) electrons. The fraction of sp³-hybridized carbons (Fsp3) is 0.478. The molecule has 0 spiro atoms. The fourth-order valence-electron chi connectivity index (χ4n) is 3.44. The van der Waals surface area contributed by atoms with Crippen LogP contribution in [-0.4, -0.2) is 49.6 Å². The van der Waals surface area contributed by atoms with Gasteiger partial charge in [0.15, 0.2) is 0 Å². The Labute approximate surface area is 158 Å². The van der Waals surface area contributed by atoms with Crippen LogP contribution in [-0.2, 0) is 0 Å². The van der Waals surface area contributed by atoms with Crippen molar-refractivity contribution in [2.75, 3.05) is 39.8 Å². The van der Waals surface area contributed by atoms with Crippen LogP contribution in [0.1, 0.15) is 43.4 Å². The summed E-state index contributed by atoms with van der Waals surface area (Å²) in [5, 5.41) is 0. The van der Waals surface area contributed by atoms with Crippen LogP contribution in [0.3, 0.4) is 0 Å². The Hall–Kier alpha value is -1.84. The minimum atomic E-state index is 0.0956. The van der Waals surface area contributed by atoms with E-state index in [-0.39, 0.29) is 6.10 Å². The second-order valence-corrected chi connectivity index (χ2v) is 7.68. The Morgan fingerprint density at radius 2 is 1.58 bits per heavy atom. The summed E-state index contributed by atoms with van der Waals surface area (Å²) in [6.07, 6.45) is 1.11. The molecule has 140 valence electrons. The third-order valence-electron chi connectivity index (χ3n) is 5.28. The first kappa shape index (κ1) is 18.9. The number of likely N-dealkylation sites (N-methyl/N-ethyl adjacent to an activating group) is 1. The summed E-state index contributed by atoms with van der Waals surface area (Å²) in [5.74, 6) is 1.49. The highest BCUT2D eigenvalue weighted by Crippen LogP contribution is 2.27. The number of piperazine rings is 1. The molecular formula is C23H32N2O. The third kappa shape index (κ3) is 5.33. The van der Waals surface area contributed by atoms with Crippen molar-refractivity contribution in [2.45, 2.75) is 32.3 Å². The van der Waals surface area contributed by atoms with Crippen molar-refractivity contribution in [3.8, 4) is 5.75 Å². The molecule has 0 N–H and O–H groups in total. The summed E-state index contributed by atoms with van der Waals surface area (Å²) in [7, 11) is 2.20. The molecule has 3 nitrogen and oxygen atoms in total. The second kappa shape index (κ2) is 9.20. The summed E-state index contributed by atoms with van der Waals surface area (Å²) in [5.41, 5.74) is 2.59. The average molecular weight is 353 g/mol. The normalized spacial score (nSPS) is 17.4. The van der Waals surface area contributed by atoms with E-state index in [0.717, 1.165) is 44.9 Å². The van der Waals surface area contributed by atoms with E-state index in [2.05, 4.69) is 85.3 Å². The van der Waals surface area contributed by atoms with E-state index < -0.39 is 0 Å². The Morgan fingerprint density at radius 3 is 2.27 bits per heavy atom. The lowest BCUT2D eigenvalue weighted by molar-refractivity contribution is 0.123. The Morgan fingerprint density at radius 1 is 0.885 bits per heavy atom. The van der Waals surface area contributed by atoms with E-state index in [9.17, 15) is 0 Å². The van der Waals surface area contributed by atoms with E-state index in [4.69, 9.17) is 4.74 Å². The first-order chi connectivity index (χ1) is 12.6. The standard InChI is InChI=1S/C23H32N2O/c1-19(2)21-10-7-11-22(18-21)26-23(20-8-5-4-6-9-20)12-13-25-16-14-24(3)15-17-25/h4-11,18-19,23H,12-17H2,1-3H3. The fourth-order valence-corrected chi connectivity index (χ4v) is 3.44. The van der Waals surface area contributed by atoms with Gasteiger partial charge in [0.25, 0.3) is 0 Å². The molecule has 0 saturated carbocycles. The lowest BCUT2D eigenvalue weighted by Gasteiger charge is -2.33. The van der Waals surface area contributed by atoms with Gasteiger partial charge in [-0.1, -0.05) is 56.3 Å². The zero-order valence-corrected chi connectivity index (χ0v) is 16.4. The number of ether oxygens (including phenoxy) is 1. The Kier molecular flexibility index (Phi) is 6.70. The van der Waals surface area contributed by atoms with Crippen LogP contribution in [0.2, 0.25) is 0 Å². The molecule has 1 fully saturated rings. The van der Waals surface area contributed by atoms with Gasteiger partial charge in [-0.05, 0) is 36.2 Å². The van der Waals surface area contributed by atoms with Gasteiger partial charge in [0.05, 0.1) is 0 Å². The van der Waals surface area contributed by atoms with Crippen LogP contribution in [0.25, 0.3) is 0 Å². The molecule has 26 heavy (non-hydrogen) atoms. The van der Waals surface area contributed by atoms with Crippen LogP contribution < -0.4 is 4.74 Å². The second-order valence-electron chi connectivity index (χ2n) is 7.68. The Balaban J connectivity index is 1.69. The van der Waals surface area contributed by atoms with E-state index >= 15 is 0 Å². The van der Waals surface area contributed by atoms with Crippen molar-refractivity contribution >= 4 is 0 Å². The van der Waals surface area contributed by atoms with Gasteiger partial charge in [0.1, 0.15) is 11.9 Å². The lowest BCUT2D eigenvalue weighted by Crippen LogP contribution is -2.45. The highest BCUT2D eigenvalue weighted by molar-refractivity contribution is 5.31. The largest absolute Gasteiger partial charge is 0.486 e. The van der Waals surface area contributed by atoms with E-state index in [1.807, 2.05) is 0 Å². The SMILES string of the molecule is CC(C)c1cccc(OC(CCN2CCN(C)CC2)c2ccccc2)c1. The van der Waals surface area contributed by atoms with Gasteiger partial charge in [-0.3, -0.25) is 0 Å². The first-order valence-electron chi connectivity index (χ1n) is 9.84. The van der Waals surface area contributed by atoms with Gasteiger partial charge in [-0.15, -0.1) is 0 Å². The van der Waals surface area contributed by atoms with Crippen molar-refractivity contribution in [1.82, 2.24) is 9.80 Å². The van der Waals surface area contributed by atoms with Crippen molar-refractivity contribution < 1.29 is 4.74 Å². The van der Waals surface area contributed by atoms with Crippen LogP contribution in [0.4, 0.5) is 0 Å². The highest BCUT2D eigenvalue weighted by Gasteiger charge is 2.18. The van der Waals surface area contributed by atoms with E-state index in [0.29, 0.717) is 5.92 Å². The number of hydrogen-bond donors (Lipinski definition) is 0. The Bertz CT molecular complexity index is 663. The maximum atomic E-state index is 6.47. The molecule has 0 aliphatic carbocycles. The van der Waals surface area contributed by atoms with E-state index in [1.165, 1.54) is 11.1 Å². The van der Waals surface area contributed by atoms with Gasteiger partial charge >= 0.3 is 0 Å². The monoisotopic (exact) mass is 352 g/mol. The van der Waals surface area contributed by atoms with Gasteiger partial charge in [-0.2, -0.15) is 0 Å². The molecule has 3 heteroatoms. The molecule has 3 rings (SSSR count). The number of nitrogens with zero attached hydrogens (tertiary/aromatic N) is 2. The molecule has 0 aromatic heterocycles. The zero-order chi connectivity index (χ0) is 18.4. The van der Waals surface area contributed by atoms with Gasteiger partial charge in [-0.25, -0.2) is 0 Å². The molecule has 1 saturated heterocycles. The molecule has 2 aromatic carbocycles. The number of rotatable bonds is 7. The predicted molar refractivity (Wildman–Crippen MR) is 109 cm³/mol. The maximum Gasteiger partial charge on any atom is 0.125 e. The molecule has 0 bridgehead atoms. The van der Waals surface area contributed by atoms with Crippen LogP contribution in [0.5, 0.6) is 5.75 Å². The topological polar surface area (TPSA) is 15.7 Å². The molecule has 1 heterocycles. The van der Waals surface area contributed by atoms with Crippen LogP contribution >= 0.6 is 0 Å². The summed E-state index contributed by atoms with van der Waals surface area (Å²) < 4.78 is 6.47. The first-order valence-corrected chi connectivity index (χ1v) is 9.84.